The number of nitrogens with zero attached hydrogens (tertiary/aromatic N) is 2. The monoisotopic (exact) mass is 290 g/mol. The third-order valence-electron chi connectivity index (χ3n) is 3.48. The number of hydrogen-bond donors (Lipinski definition) is 2. The van der Waals surface area contributed by atoms with Gasteiger partial charge in [0.05, 0.1) is 17.5 Å². The lowest BCUT2D eigenvalue weighted by molar-refractivity contribution is 0.124. The van der Waals surface area contributed by atoms with Gasteiger partial charge in [0.15, 0.2) is 5.69 Å². The number of hydroxylamine groups is 2. The highest BCUT2D eigenvalue weighted by molar-refractivity contribution is 5.52. The lowest BCUT2D eigenvalue weighted by atomic mass is 10.0. The summed E-state index contributed by atoms with van der Waals surface area (Å²) < 4.78 is 18.5. The number of allylic oxidation sites excluding steroid dienone is 3. The third-order valence-corrected chi connectivity index (χ3v) is 3.48. The number of fused-ring (bicyclic) bond motifs is 1. The van der Waals surface area contributed by atoms with E-state index in [2.05, 4.69) is 10.3 Å². The first-order valence-corrected chi connectivity index (χ1v) is 6.46. The molecular formula is C14H15FN4O2. The molecule has 0 bridgehead atoms. The molecule has 2 aliphatic rings. The van der Waals surface area contributed by atoms with Crippen LogP contribution >= 0.6 is 0 Å². The quantitative estimate of drug-likeness (QED) is 0.643. The summed E-state index contributed by atoms with van der Waals surface area (Å²) in [6.45, 7) is -0.125. The van der Waals surface area contributed by atoms with Crippen LogP contribution in [-0.4, -0.2) is 18.8 Å². The maximum absolute atomic E-state index is 13.9. The molecule has 7 heteroatoms. The van der Waals surface area contributed by atoms with Crippen molar-refractivity contribution in [3.63, 3.8) is 0 Å². The number of nitrogens with one attached hydrogen (secondary N) is 1. The first-order valence-electron chi connectivity index (χ1n) is 6.46. The van der Waals surface area contributed by atoms with Gasteiger partial charge in [-0.3, -0.25) is 4.65 Å². The molecule has 0 spiro atoms. The van der Waals surface area contributed by atoms with Gasteiger partial charge in [-0.25, -0.2) is 9.37 Å². The van der Waals surface area contributed by atoms with Crippen LogP contribution in [0.1, 0.15) is 6.42 Å². The minimum Gasteiger partial charge on any atom is -0.620 e. The van der Waals surface area contributed by atoms with Crippen molar-refractivity contribution >= 4 is 11.5 Å². The zero-order valence-corrected chi connectivity index (χ0v) is 11.5. The number of nitrogens with two attached hydrogens (primary N) is 1. The van der Waals surface area contributed by atoms with Crippen LogP contribution in [0.15, 0.2) is 53.5 Å². The number of likely N-dealkylation sites (N-methyl/N-ethyl adjacent to an activating group) is 1. The van der Waals surface area contributed by atoms with E-state index in [-0.39, 0.29) is 19.0 Å². The molecule has 0 saturated heterocycles. The number of quaternary nitrogens is 1. The van der Waals surface area contributed by atoms with Crippen molar-refractivity contribution in [2.75, 3.05) is 19.5 Å². The van der Waals surface area contributed by atoms with Crippen LogP contribution in [0.2, 0.25) is 0 Å². The second-order valence-corrected chi connectivity index (χ2v) is 4.92. The average Bonchev–Trinajstić information content (AvgIpc) is 2.47. The van der Waals surface area contributed by atoms with Gasteiger partial charge in [0.1, 0.15) is 23.6 Å². The van der Waals surface area contributed by atoms with E-state index in [0.717, 1.165) is 0 Å². The van der Waals surface area contributed by atoms with Crippen LogP contribution in [0.3, 0.4) is 0 Å². The van der Waals surface area contributed by atoms with Gasteiger partial charge in [0, 0.05) is 25.6 Å². The van der Waals surface area contributed by atoms with Gasteiger partial charge in [-0.2, -0.15) is 0 Å². The second kappa shape index (κ2) is 4.87. The third kappa shape index (κ3) is 2.37. The molecule has 1 unspecified atom stereocenters. The summed E-state index contributed by atoms with van der Waals surface area (Å²) in [5.74, 6) is 0.538. The summed E-state index contributed by atoms with van der Waals surface area (Å²) in [7, 11) is 1.64. The standard InChI is InChI=1S/C14H15FN4O2/c1-17-12-5-13-9(4-11(12)15)7-19(20,8-21-13)10-2-3-14(16)18-6-10/h2-3,5-7,17H,4,8H2,1H3,(H2,16,18). The van der Waals surface area contributed by atoms with Crippen molar-refractivity contribution in [2.24, 2.45) is 0 Å². The van der Waals surface area contributed by atoms with E-state index in [1.165, 1.54) is 12.4 Å². The van der Waals surface area contributed by atoms with E-state index in [0.29, 0.717) is 28.5 Å². The first kappa shape index (κ1) is 13.6. The Balaban J connectivity index is 1.97. The number of hydrogen-bond acceptors (Lipinski definition) is 5. The molecule has 1 aliphatic heterocycles. The van der Waals surface area contributed by atoms with Crippen LogP contribution in [0.4, 0.5) is 15.9 Å². The second-order valence-electron chi connectivity index (χ2n) is 4.92. The van der Waals surface area contributed by atoms with Gasteiger partial charge in [0.2, 0.25) is 6.73 Å². The molecule has 3 N–H and O–H groups in total. The van der Waals surface area contributed by atoms with Gasteiger partial charge < -0.3 is 21.0 Å². The summed E-state index contributed by atoms with van der Waals surface area (Å²) >= 11 is 0. The fraction of sp³-hybridized carbons (Fsp3) is 0.214. The summed E-state index contributed by atoms with van der Waals surface area (Å²) in [5.41, 5.74) is 6.81. The molecule has 0 aromatic carbocycles. The topological polar surface area (TPSA) is 83.2 Å². The Morgan fingerprint density at radius 1 is 1.48 bits per heavy atom. The van der Waals surface area contributed by atoms with Gasteiger partial charge >= 0.3 is 0 Å². The zero-order valence-electron chi connectivity index (χ0n) is 11.5. The lowest BCUT2D eigenvalue weighted by Crippen LogP contribution is -2.43. The largest absolute Gasteiger partial charge is 0.620 e. The van der Waals surface area contributed by atoms with Gasteiger partial charge in [-0.1, -0.05) is 0 Å². The molecule has 1 atom stereocenters. The molecule has 0 saturated carbocycles. The summed E-state index contributed by atoms with van der Waals surface area (Å²) in [5, 5.41) is 15.6. The van der Waals surface area contributed by atoms with Gasteiger partial charge in [0.25, 0.3) is 0 Å². The van der Waals surface area contributed by atoms with Crippen molar-refractivity contribution in [1.29, 1.82) is 0 Å². The molecule has 1 aromatic rings. The smallest absolute Gasteiger partial charge is 0.232 e. The number of nitrogen functional groups attached to an aromatic ring is 1. The Hall–Kier alpha value is -2.38. The van der Waals surface area contributed by atoms with Crippen LogP contribution in [0.5, 0.6) is 0 Å². The predicted molar refractivity (Wildman–Crippen MR) is 77.7 cm³/mol. The van der Waals surface area contributed by atoms with E-state index in [4.69, 9.17) is 10.5 Å². The lowest BCUT2D eigenvalue weighted by Gasteiger charge is -2.41. The van der Waals surface area contributed by atoms with Crippen LogP contribution in [0.25, 0.3) is 0 Å². The summed E-state index contributed by atoms with van der Waals surface area (Å²) in [6.07, 6.45) is 4.46. The molecule has 21 heavy (non-hydrogen) atoms. The zero-order chi connectivity index (χ0) is 15.0. The van der Waals surface area contributed by atoms with Crippen LogP contribution < -0.4 is 15.7 Å². The Kier molecular flexibility index (Phi) is 3.15. The molecular weight excluding hydrogens is 275 g/mol. The predicted octanol–water partition coefficient (Wildman–Crippen LogP) is 2.03. The van der Waals surface area contributed by atoms with Gasteiger partial charge in [-0.05, 0) is 6.07 Å². The molecule has 110 valence electrons. The molecule has 3 rings (SSSR count). The minimum atomic E-state index is -0.845. The van der Waals surface area contributed by atoms with E-state index >= 15 is 0 Å². The van der Waals surface area contributed by atoms with Crippen molar-refractivity contribution in [3.05, 3.63) is 58.7 Å². The van der Waals surface area contributed by atoms with E-state index < -0.39 is 4.65 Å². The summed E-state index contributed by atoms with van der Waals surface area (Å²) in [4.78, 5) is 3.91. The molecule has 0 fully saturated rings. The van der Waals surface area contributed by atoms with Crippen molar-refractivity contribution in [3.8, 4) is 0 Å². The fourth-order valence-electron chi connectivity index (χ4n) is 2.33. The maximum atomic E-state index is 13.9. The maximum Gasteiger partial charge on any atom is 0.232 e. The van der Waals surface area contributed by atoms with Crippen LogP contribution in [0, 0.1) is 5.21 Å². The number of pyridine rings is 1. The highest BCUT2D eigenvalue weighted by Gasteiger charge is 2.31. The Labute approximate surface area is 121 Å². The molecule has 1 aromatic heterocycles. The van der Waals surface area contributed by atoms with E-state index in [9.17, 15) is 9.60 Å². The Morgan fingerprint density at radius 3 is 2.95 bits per heavy atom. The Morgan fingerprint density at radius 2 is 2.29 bits per heavy atom. The summed E-state index contributed by atoms with van der Waals surface area (Å²) in [6, 6.07) is 3.15. The number of anilines is 1. The SMILES string of the molecule is CNC1=C(F)CC2=C[N+]([O-])(c3ccc(N)nc3)COC2=C1. The van der Waals surface area contributed by atoms with Crippen LogP contribution in [-0.2, 0) is 4.74 Å². The van der Waals surface area contributed by atoms with Gasteiger partial charge in [-0.15, -0.1) is 0 Å². The average molecular weight is 290 g/mol. The molecule has 2 heterocycles. The first-order chi connectivity index (χ1) is 10.0. The number of aromatic nitrogens is 1. The normalized spacial score (nSPS) is 24.7. The fourth-order valence-corrected chi connectivity index (χ4v) is 2.33. The molecule has 0 amide bonds. The highest BCUT2D eigenvalue weighted by atomic mass is 19.1. The van der Waals surface area contributed by atoms with Crippen molar-refractivity contribution in [2.45, 2.75) is 6.42 Å². The number of rotatable bonds is 2. The number of ether oxygens (including phenoxy) is 1. The molecule has 6 nitrogen and oxygen atoms in total. The van der Waals surface area contributed by atoms with E-state index in [1.54, 1.807) is 25.3 Å². The minimum absolute atomic E-state index is 0.0344. The Bertz CT molecular complexity index is 666. The van der Waals surface area contributed by atoms with Crippen molar-refractivity contribution < 1.29 is 9.13 Å². The molecule has 1 aliphatic carbocycles. The highest BCUT2D eigenvalue weighted by Crippen LogP contribution is 2.36. The van der Waals surface area contributed by atoms with E-state index in [1.807, 2.05) is 0 Å². The number of halogens is 1. The molecule has 0 radical (unpaired) electrons. The van der Waals surface area contributed by atoms with Crippen molar-refractivity contribution in [1.82, 2.24) is 14.9 Å².